The standard InChI is InChI=1S/C19H27ClN2O3/c1-19(2,3)11-17(23)22-10-6-8-15(22)18(24)21-12-13-14(20)7-5-9-16(13)25-4/h5,7,9,15H,6,8,10-12H2,1-4H3,(H,21,24). The Morgan fingerprint density at radius 2 is 2.08 bits per heavy atom. The van der Waals surface area contributed by atoms with Crippen molar-refractivity contribution in [2.75, 3.05) is 13.7 Å². The molecule has 0 aliphatic carbocycles. The molecule has 5 nitrogen and oxygen atoms in total. The molecule has 1 N–H and O–H groups in total. The largest absolute Gasteiger partial charge is 0.496 e. The molecule has 1 fully saturated rings. The molecule has 25 heavy (non-hydrogen) atoms. The molecule has 0 saturated carbocycles. The lowest BCUT2D eigenvalue weighted by Gasteiger charge is -2.27. The molecule has 0 aromatic heterocycles. The Morgan fingerprint density at radius 1 is 1.36 bits per heavy atom. The third-order valence-electron chi connectivity index (χ3n) is 4.29. The lowest BCUT2D eigenvalue weighted by atomic mass is 9.91. The summed E-state index contributed by atoms with van der Waals surface area (Å²) in [4.78, 5) is 26.8. The second-order valence-electron chi connectivity index (χ2n) is 7.62. The number of halogens is 1. The second-order valence-corrected chi connectivity index (χ2v) is 8.03. The van der Waals surface area contributed by atoms with Crippen molar-refractivity contribution in [3.05, 3.63) is 28.8 Å². The zero-order chi connectivity index (χ0) is 18.6. The maximum atomic E-state index is 12.6. The molecule has 0 spiro atoms. The van der Waals surface area contributed by atoms with Crippen LogP contribution in [0.2, 0.25) is 5.02 Å². The van der Waals surface area contributed by atoms with Crippen molar-refractivity contribution in [1.29, 1.82) is 0 Å². The van der Waals surface area contributed by atoms with E-state index in [1.807, 2.05) is 26.8 Å². The maximum Gasteiger partial charge on any atom is 0.243 e. The van der Waals surface area contributed by atoms with Crippen LogP contribution in [0.1, 0.15) is 45.6 Å². The number of carbonyl (C=O) groups is 2. The van der Waals surface area contributed by atoms with E-state index >= 15 is 0 Å². The molecule has 0 radical (unpaired) electrons. The predicted octanol–water partition coefficient (Wildman–Crippen LogP) is 3.39. The number of ether oxygens (including phenoxy) is 1. The zero-order valence-corrected chi connectivity index (χ0v) is 16.2. The van der Waals surface area contributed by atoms with Crippen LogP contribution in [-0.4, -0.2) is 36.4 Å². The highest BCUT2D eigenvalue weighted by molar-refractivity contribution is 6.31. The van der Waals surface area contributed by atoms with Crippen molar-refractivity contribution in [2.45, 2.75) is 52.6 Å². The van der Waals surface area contributed by atoms with Gasteiger partial charge in [-0.3, -0.25) is 9.59 Å². The SMILES string of the molecule is COc1cccc(Cl)c1CNC(=O)C1CCCN1C(=O)CC(C)(C)C. The summed E-state index contributed by atoms with van der Waals surface area (Å²) in [6.45, 7) is 7.00. The minimum atomic E-state index is -0.400. The number of nitrogens with zero attached hydrogens (tertiary/aromatic N) is 1. The Hall–Kier alpha value is -1.75. The van der Waals surface area contributed by atoms with Crippen molar-refractivity contribution >= 4 is 23.4 Å². The lowest BCUT2D eigenvalue weighted by Crippen LogP contribution is -2.46. The molecule has 1 saturated heterocycles. The summed E-state index contributed by atoms with van der Waals surface area (Å²) in [7, 11) is 1.57. The van der Waals surface area contributed by atoms with Gasteiger partial charge in [0.05, 0.1) is 7.11 Å². The first-order chi connectivity index (χ1) is 11.7. The molecule has 2 amide bonds. The summed E-state index contributed by atoms with van der Waals surface area (Å²) >= 11 is 6.21. The summed E-state index contributed by atoms with van der Waals surface area (Å²) in [5, 5.41) is 3.45. The normalized spacial score (nSPS) is 17.5. The minimum Gasteiger partial charge on any atom is -0.496 e. The van der Waals surface area contributed by atoms with Gasteiger partial charge in [-0.1, -0.05) is 38.4 Å². The van der Waals surface area contributed by atoms with Gasteiger partial charge < -0.3 is 15.0 Å². The molecule has 1 aliphatic heterocycles. The summed E-state index contributed by atoms with van der Waals surface area (Å²) in [5.74, 6) is 0.544. The topological polar surface area (TPSA) is 58.6 Å². The van der Waals surface area contributed by atoms with Gasteiger partial charge in [0, 0.05) is 30.1 Å². The number of hydrogen-bond donors (Lipinski definition) is 1. The van der Waals surface area contributed by atoms with Crippen LogP contribution in [0.3, 0.4) is 0 Å². The number of methoxy groups -OCH3 is 1. The monoisotopic (exact) mass is 366 g/mol. The number of carbonyl (C=O) groups excluding carboxylic acids is 2. The molecule has 2 rings (SSSR count). The molecule has 1 atom stereocenters. The molecule has 1 aromatic rings. The molecular formula is C19H27ClN2O3. The van der Waals surface area contributed by atoms with Crippen molar-refractivity contribution in [3.8, 4) is 5.75 Å². The average Bonchev–Trinajstić information content (AvgIpc) is 3.01. The summed E-state index contributed by atoms with van der Waals surface area (Å²) < 4.78 is 5.30. The fourth-order valence-electron chi connectivity index (χ4n) is 3.09. The van der Waals surface area contributed by atoms with Gasteiger partial charge in [-0.15, -0.1) is 0 Å². The Kier molecular flexibility index (Phi) is 6.33. The number of benzene rings is 1. The quantitative estimate of drug-likeness (QED) is 0.868. The van der Waals surface area contributed by atoms with Crippen molar-refractivity contribution in [1.82, 2.24) is 10.2 Å². The van der Waals surface area contributed by atoms with Gasteiger partial charge in [0.2, 0.25) is 11.8 Å². The van der Waals surface area contributed by atoms with E-state index in [1.54, 1.807) is 24.1 Å². The van der Waals surface area contributed by atoms with E-state index in [0.29, 0.717) is 30.2 Å². The summed E-state index contributed by atoms with van der Waals surface area (Å²) in [6.07, 6.45) is 1.99. The number of likely N-dealkylation sites (tertiary alicyclic amines) is 1. The van der Waals surface area contributed by atoms with E-state index in [4.69, 9.17) is 16.3 Å². The van der Waals surface area contributed by atoms with Gasteiger partial charge in [-0.05, 0) is 30.4 Å². The van der Waals surface area contributed by atoms with E-state index in [0.717, 1.165) is 12.0 Å². The number of hydrogen-bond acceptors (Lipinski definition) is 3. The average molecular weight is 367 g/mol. The lowest BCUT2D eigenvalue weighted by molar-refractivity contribution is -0.139. The van der Waals surface area contributed by atoms with Gasteiger partial charge in [0.25, 0.3) is 0 Å². The molecule has 1 aliphatic rings. The highest BCUT2D eigenvalue weighted by Gasteiger charge is 2.35. The molecular weight excluding hydrogens is 340 g/mol. The molecule has 1 aromatic carbocycles. The number of nitrogens with one attached hydrogen (secondary N) is 1. The maximum absolute atomic E-state index is 12.6. The fourth-order valence-corrected chi connectivity index (χ4v) is 3.32. The smallest absolute Gasteiger partial charge is 0.243 e. The van der Waals surface area contributed by atoms with Crippen LogP contribution in [0.5, 0.6) is 5.75 Å². The third kappa shape index (κ3) is 5.11. The molecule has 1 unspecified atom stereocenters. The molecule has 6 heteroatoms. The van der Waals surface area contributed by atoms with Crippen LogP contribution in [0.4, 0.5) is 0 Å². The first-order valence-corrected chi connectivity index (χ1v) is 8.99. The van der Waals surface area contributed by atoms with Crippen molar-refractivity contribution in [2.24, 2.45) is 5.41 Å². The van der Waals surface area contributed by atoms with Crippen molar-refractivity contribution < 1.29 is 14.3 Å². The van der Waals surface area contributed by atoms with Crippen LogP contribution < -0.4 is 10.1 Å². The van der Waals surface area contributed by atoms with Gasteiger partial charge >= 0.3 is 0 Å². The van der Waals surface area contributed by atoms with Crippen LogP contribution in [-0.2, 0) is 16.1 Å². The van der Waals surface area contributed by atoms with E-state index < -0.39 is 6.04 Å². The second kappa shape index (κ2) is 8.09. The Bertz CT molecular complexity index is 640. The Balaban J connectivity index is 2.02. The highest BCUT2D eigenvalue weighted by Crippen LogP contribution is 2.27. The third-order valence-corrected chi connectivity index (χ3v) is 4.65. The van der Waals surface area contributed by atoms with E-state index in [-0.39, 0.29) is 23.8 Å². The Labute approximate surface area is 154 Å². The van der Waals surface area contributed by atoms with Gasteiger partial charge in [0.15, 0.2) is 0 Å². The predicted molar refractivity (Wildman–Crippen MR) is 98.7 cm³/mol. The number of rotatable bonds is 5. The zero-order valence-electron chi connectivity index (χ0n) is 15.4. The summed E-state index contributed by atoms with van der Waals surface area (Å²) in [6, 6.07) is 4.97. The van der Waals surface area contributed by atoms with E-state index in [9.17, 15) is 9.59 Å². The molecule has 138 valence electrons. The van der Waals surface area contributed by atoms with Crippen LogP contribution in [0.25, 0.3) is 0 Å². The first kappa shape index (κ1) is 19.6. The van der Waals surface area contributed by atoms with Crippen LogP contribution in [0.15, 0.2) is 18.2 Å². The minimum absolute atomic E-state index is 0.0421. The van der Waals surface area contributed by atoms with Gasteiger partial charge in [-0.2, -0.15) is 0 Å². The number of amides is 2. The van der Waals surface area contributed by atoms with Crippen LogP contribution >= 0.6 is 11.6 Å². The fraction of sp³-hybridized carbons (Fsp3) is 0.579. The highest BCUT2D eigenvalue weighted by atomic mass is 35.5. The van der Waals surface area contributed by atoms with Crippen LogP contribution in [0, 0.1) is 5.41 Å². The van der Waals surface area contributed by atoms with Gasteiger partial charge in [-0.25, -0.2) is 0 Å². The van der Waals surface area contributed by atoms with Gasteiger partial charge in [0.1, 0.15) is 11.8 Å². The van der Waals surface area contributed by atoms with E-state index in [2.05, 4.69) is 5.32 Å². The van der Waals surface area contributed by atoms with E-state index in [1.165, 1.54) is 0 Å². The summed E-state index contributed by atoms with van der Waals surface area (Å²) in [5.41, 5.74) is 0.650. The Morgan fingerprint density at radius 3 is 2.72 bits per heavy atom. The first-order valence-electron chi connectivity index (χ1n) is 8.61. The molecule has 0 bridgehead atoms. The van der Waals surface area contributed by atoms with Crippen molar-refractivity contribution in [3.63, 3.8) is 0 Å². The molecule has 1 heterocycles.